The maximum Gasteiger partial charge on any atom is 0.252 e. The van der Waals surface area contributed by atoms with Gasteiger partial charge in [0.05, 0.1) is 38.1 Å². The van der Waals surface area contributed by atoms with E-state index in [9.17, 15) is 9.59 Å². The van der Waals surface area contributed by atoms with E-state index in [1.807, 2.05) is 185 Å². The number of methoxy groups -OCH3 is 2. The topological polar surface area (TPSA) is 164 Å². The predicted molar refractivity (Wildman–Crippen MR) is 321 cm³/mol. The highest BCUT2D eigenvalue weighted by Crippen LogP contribution is 2.39. The van der Waals surface area contributed by atoms with Gasteiger partial charge in [-0.25, -0.2) is 0 Å². The molecule has 5 aromatic rings. The summed E-state index contributed by atoms with van der Waals surface area (Å²) in [4.78, 5) is 39.5. The average Bonchev–Trinajstić information content (AvgIpc) is 3.88. The van der Waals surface area contributed by atoms with Crippen LogP contribution in [0.3, 0.4) is 0 Å². The Kier molecular flexibility index (Phi) is 24.8. The molecule has 0 spiro atoms. The number of aromatic nitrogens is 2. The fourth-order valence-corrected chi connectivity index (χ4v) is 8.35. The van der Waals surface area contributed by atoms with Gasteiger partial charge in [-0.05, 0) is 131 Å². The molecule has 4 N–H and O–H groups in total. The van der Waals surface area contributed by atoms with Gasteiger partial charge in [0, 0.05) is 140 Å². The summed E-state index contributed by atoms with van der Waals surface area (Å²) in [7, 11) is 10.9. The van der Waals surface area contributed by atoms with E-state index < -0.39 is 0 Å². The lowest BCUT2D eigenvalue weighted by atomic mass is 9.98. The third-order valence-corrected chi connectivity index (χ3v) is 12.7. The molecule has 77 heavy (non-hydrogen) atoms. The van der Waals surface area contributed by atoms with Gasteiger partial charge in [0.2, 0.25) is 0 Å². The number of amides is 2. The summed E-state index contributed by atoms with van der Waals surface area (Å²) in [5.41, 5.74) is 16.3. The van der Waals surface area contributed by atoms with Gasteiger partial charge in [-0.1, -0.05) is 39.8 Å². The van der Waals surface area contributed by atoms with Gasteiger partial charge in [0.15, 0.2) is 11.5 Å². The van der Waals surface area contributed by atoms with E-state index in [0.29, 0.717) is 41.4 Å². The average molecular weight is 1060 g/mol. The molecule has 2 aliphatic heterocycles. The van der Waals surface area contributed by atoms with Crippen molar-refractivity contribution in [2.24, 2.45) is 17.8 Å². The van der Waals surface area contributed by atoms with Gasteiger partial charge in [-0.3, -0.25) is 19.3 Å². The third kappa shape index (κ3) is 17.5. The molecule has 1 aromatic heterocycles. The zero-order valence-electron chi connectivity index (χ0n) is 48.6. The SMILES string of the molecule is CC.CC.CN=C/C(=C\N)c1cc([C@@H](C)NC(=O)c2cc(N3CCN(C)CC3)ccc2C)cc(OC)c1OC(C)C.COCCOc1cc(-c2cnn(C)c2)cc([C@@H](C)NC(=O)c2cc(N3C=CN(C)C=C3)ccc2C)c1.[HH].[HH]. The number of nitrogens with two attached hydrogens (primary N) is 1. The van der Waals surface area contributed by atoms with E-state index in [1.165, 1.54) is 6.20 Å². The van der Waals surface area contributed by atoms with Crippen LogP contribution in [0.25, 0.3) is 16.7 Å². The Bertz CT molecular complexity index is 2810. The molecule has 16 nitrogen and oxygen atoms in total. The number of nitrogens with one attached hydrogen (secondary N) is 2. The number of carbonyl (C=O) groups excluding carboxylic acids is 2. The number of aliphatic imine (C=N–C) groups is 1. The smallest absolute Gasteiger partial charge is 0.252 e. The molecule has 0 bridgehead atoms. The number of nitrogens with zero attached hydrogens (tertiary/aromatic N) is 7. The van der Waals surface area contributed by atoms with Crippen LogP contribution in [-0.2, 0) is 11.8 Å². The van der Waals surface area contributed by atoms with Crippen LogP contribution >= 0.6 is 0 Å². The van der Waals surface area contributed by atoms with E-state index >= 15 is 0 Å². The van der Waals surface area contributed by atoms with Crippen molar-refractivity contribution in [3.8, 4) is 28.4 Å². The van der Waals surface area contributed by atoms with Crippen molar-refractivity contribution in [1.29, 1.82) is 0 Å². The Balaban J connectivity index is 0.000000496. The molecule has 0 saturated carbocycles. The summed E-state index contributed by atoms with van der Waals surface area (Å²) >= 11 is 0. The molecule has 1 saturated heterocycles. The number of carbonyl (C=O) groups is 2. The number of aryl methyl sites for hydroxylation is 3. The number of piperazine rings is 1. The number of rotatable bonds is 18. The minimum Gasteiger partial charge on any atom is -0.493 e. The van der Waals surface area contributed by atoms with E-state index in [4.69, 9.17) is 24.7 Å². The summed E-state index contributed by atoms with van der Waals surface area (Å²) in [6, 6.07) is 21.4. The lowest BCUT2D eigenvalue weighted by Crippen LogP contribution is -2.44. The Morgan fingerprint density at radius 2 is 1.32 bits per heavy atom. The molecular formula is C61H90N10O6. The summed E-state index contributed by atoms with van der Waals surface area (Å²) in [6.07, 6.45) is 14.7. The summed E-state index contributed by atoms with van der Waals surface area (Å²) in [5, 5.41) is 10.6. The first kappa shape index (κ1) is 62.0. The molecule has 4 aromatic carbocycles. The van der Waals surface area contributed by atoms with E-state index in [0.717, 1.165) is 82.2 Å². The molecule has 0 unspecified atom stereocenters. The number of ether oxygens (including phenoxy) is 4. The van der Waals surface area contributed by atoms with Gasteiger partial charge < -0.3 is 54.9 Å². The number of anilines is 2. The summed E-state index contributed by atoms with van der Waals surface area (Å²) < 4.78 is 24.6. The van der Waals surface area contributed by atoms with Crippen molar-refractivity contribution in [2.45, 2.75) is 87.4 Å². The quantitative estimate of drug-likeness (QED) is 0.0563. The van der Waals surface area contributed by atoms with Crippen LogP contribution in [0.4, 0.5) is 11.4 Å². The molecular weight excluding hydrogens is 969 g/mol. The number of benzene rings is 4. The first-order valence-electron chi connectivity index (χ1n) is 26.6. The highest BCUT2D eigenvalue weighted by atomic mass is 16.5. The first-order chi connectivity index (χ1) is 37.0. The van der Waals surface area contributed by atoms with Gasteiger partial charge in [-0.15, -0.1) is 0 Å². The van der Waals surface area contributed by atoms with Crippen LogP contribution in [0.15, 0.2) is 115 Å². The molecule has 0 radical (unpaired) electrons. The third-order valence-electron chi connectivity index (χ3n) is 12.7. The van der Waals surface area contributed by atoms with Crippen molar-refractivity contribution >= 4 is 35.0 Å². The van der Waals surface area contributed by atoms with Crippen molar-refractivity contribution in [1.82, 2.24) is 30.2 Å². The molecule has 2 amide bonds. The van der Waals surface area contributed by atoms with E-state index in [1.54, 1.807) is 32.2 Å². The Hall–Kier alpha value is -7.56. The molecule has 2 aliphatic rings. The summed E-state index contributed by atoms with van der Waals surface area (Å²) in [6.45, 7) is 24.6. The van der Waals surface area contributed by atoms with Crippen LogP contribution in [0, 0.1) is 13.8 Å². The zero-order valence-corrected chi connectivity index (χ0v) is 48.6. The van der Waals surface area contributed by atoms with Gasteiger partial charge in [-0.2, -0.15) is 5.10 Å². The second kappa shape index (κ2) is 30.9. The van der Waals surface area contributed by atoms with Crippen LogP contribution in [0.2, 0.25) is 0 Å². The minimum atomic E-state index is -0.294. The second-order valence-electron chi connectivity index (χ2n) is 18.7. The highest BCUT2D eigenvalue weighted by Gasteiger charge is 2.23. The Morgan fingerprint density at radius 1 is 0.740 bits per heavy atom. The second-order valence-corrected chi connectivity index (χ2v) is 18.7. The highest BCUT2D eigenvalue weighted by molar-refractivity contribution is 6.11. The van der Waals surface area contributed by atoms with Crippen molar-refractivity contribution in [2.75, 3.05) is 84.6 Å². The van der Waals surface area contributed by atoms with Crippen molar-refractivity contribution in [3.05, 3.63) is 149 Å². The molecule has 420 valence electrons. The van der Waals surface area contributed by atoms with Crippen LogP contribution in [0.5, 0.6) is 17.2 Å². The zero-order chi connectivity index (χ0) is 56.8. The summed E-state index contributed by atoms with van der Waals surface area (Å²) in [5.74, 6) is 1.63. The van der Waals surface area contributed by atoms with Gasteiger partial charge in [0.25, 0.3) is 11.8 Å². The van der Waals surface area contributed by atoms with Gasteiger partial charge in [0.1, 0.15) is 12.4 Å². The van der Waals surface area contributed by atoms with Crippen molar-refractivity contribution in [3.63, 3.8) is 0 Å². The van der Waals surface area contributed by atoms with Gasteiger partial charge >= 0.3 is 0 Å². The standard InChI is InChI=1S/C29H41N5O3.C28H33N5O3.2C2H6.2H2/c1-19(2)37-28-26(23(17-30)18-31-5)14-22(15-27(28)36-7)21(4)32-29(35)25-16-24(9-8-20(25)3)34-12-10-33(6)11-13-34;1-20-6-7-25(33-10-8-31(3)9-11-33)17-27(20)28(34)30-21(2)22-14-23(24-18-29-32(4)19-24)16-26(15-22)36-13-12-35-5;2*1-2;;/h8-9,14-19,21H,10-13,30H2,1-7H3,(H,32,35);6-11,14-19,21H,12-13H2,1-5H3,(H,30,34);2*1-2H3;2*1H/b23-17+,31-18?;;;;;/t2*21-;;;;/m11..../s1. The molecule has 0 aliphatic carbocycles. The van der Waals surface area contributed by atoms with Crippen LogP contribution < -0.4 is 40.4 Å². The lowest BCUT2D eigenvalue weighted by Gasteiger charge is -2.34. The Labute approximate surface area is 462 Å². The largest absolute Gasteiger partial charge is 0.493 e. The van der Waals surface area contributed by atoms with Crippen molar-refractivity contribution < 1.29 is 31.4 Å². The normalized spacial score (nSPS) is 14.1. The Morgan fingerprint density at radius 3 is 1.86 bits per heavy atom. The minimum absolute atomic E-state index is 0. The van der Waals surface area contributed by atoms with E-state index in [-0.39, 0.29) is 32.9 Å². The molecule has 16 heteroatoms. The number of allylic oxidation sites excluding steroid dienone is 1. The fraction of sp³-hybridized carbons (Fsp3) is 0.410. The molecule has 7 rings (SSSR count). The van der Waals surface area contributed by atoms with Crippen LogP contribution in [-0.4, -0.2) is 118 Å². The number of hydrogen-bond acceptors (Lipinski definition) is 13. The monoisotopic (exact) mass is 1060 g/mol. The molecule has 1 fully saturated rings. The maximum absolute atomic E-state index is 13.4. The number of hydrogen-bond donors (Lipinski definition) is 3. The number of likely N-dealkylation sites (N-methyl/N-ethyl adjacent to an activating group) is 1. The van der Waals surface area contributed by atoms with Crippen LogP contribution in [0.1, 0.15) is 119 Å². The molecule has 3 heterocycles. The first-order valence-corrected chi connectivity index (χ1v) is 26.6. The van der Waals surface area contributed by atoms with E-state index in [2.05, 4.69) is 49.7 Å². The fourth-order valence-electron chi connectivity index (χ4n) is 8.35. The molecule has 2 atom stereocenters. The lowest BCUT2D eigenvalue weighted by molar-refractivity contribution is 0.0930. The maximum atomic E-state index is 13.4. The predicted octanol–water partition coefficient (Wildman–Crippen LogP) is 11.2.